The van der Waals surface area contributed by atoms with Crippen molar-refractivity contribution in [2.45, 2.75) is 50.5 Å². The first-order valence-electron chi connectivity index (χ1n) is 9.64. The maximum Gasteiger partial charge on any atom is 0.296 e. The third-order valence-corrected chi connectivity index (χ3v) is 6.75. The molecule has 156 valence electrons. The fourth-order valence-corrected chi connectivity index (χ4v) is 4.57. The number of aryl methyl sites for hydroxylation is 2. The monoisotopic (exact) mass is 436 g/mol. The Balaban J connectivity index is 1.48. The van der Waals surface area contributed by atoms with Crippen LogP contribution in [0.5, 0.6) is 0 Å². The minimum atomic E-state index is -3.74. The zero-order valence-electron chi connectivity index (χ0n) is 16.5. The van der Waals surface area contributed by atoms with E-state index >= 15 is 0 Å². The summed E-state index contributed by atoms with van der Waals surface area (Å²) in [6.45, 7) is 3.83. The van der Waals surface area contributed by atoms with E-state index in [1.54, 1.807) is 37.3 Å². The highest BCUT2D eigenvalue weighted by Gasteiger charge is 2.25. The van der Waals surface area contributed by atoms with Crippen LogP contribution in [0, 0.1) is 19.8 Å². The smallest absolute Gasteiger partial charge is 0.296 e. The van der Waals surface area contributed by atoms with Crippen molar-refractivity contribution in [1.29, 1.82) is 0 Å². The molecule has 8 heteroatoms. The molecule has 1 aliphatic rings. The molecule has 29 heavy (non-hydrogen) atoms. The van der Waals surface area contributed by atoms with E-state index in [9.17, 15) is 13.2 Å². The second-order valence-electron chi connectivity index (χ2n) is 7.53. The summed E-state index contributed by atoms with van der Waals surface area (Å²) in [7, 11) is -3.74. The number of aromatic nitrogens is 1. The molecule has 1 heterocycles. The first-order valence-corrected chi connectivity index (χ1v) is 11.4. The topological polar surface area (TPSA) is 85.4 Å². The predicted octanol–water partition coefficient (Wildman–Crippen LogP) is 4.05. The Labute approximate surface area is 176 Å². The number of pyridine rings is 1. The van der Waals surface area contributed by atoms with Gasteiger partial charge in [-0.05, 0) is 63.6 Å². The number of benzene rings is 1. The van der Waals surface area contributed by atoms with Gasteiger partial charge in [-0.25, -0.2) is 0 Å². The van der Waals surface area contributed by atoms with Gasteiger partial charge < -0.3 is 5.32 Å². The Morgan fingerprint density at radius 3 is 2.48 bits per heavy atom. The number of carbonyl (C=O) groups excluding carboxylic acids is 1. The molecule has 0 aliphatic heterocycles. The van der Waals surface area contributed by atoms with E-state index in [1.807, 2.05) is 6.92 Å². The van der Waals surface area contributed by atoms with E-state index < -0.39 is 10.1 Å². The van der Waals surface area contributed by atoms with Gasteiger partial charge in [0.2, 0.25) is 0 Å². The largest absolute Gasteiger partial charge is 0.349 e. The van der Waals surface area contributed by atoms with Gasteiger partial charge in [0.05, 0.1) is 27.8 Å². The minimum absolute atomic E-state index is 0.0471. The first kappa shape index (κ1) is 21.7. The molecular formula is C21H25ClN2O4S. The van der Waals surface area contributed by atoms with Gasteiger partial charge in [-0.15, -0.1) is 0 Å². The number of hydrogen-bond acceptors (Lipinski definition) is 5. The summed E-state index contributed by atoms with van der Waals surface area (Å²) in [6.07, 6.45) is 4.65. The summed E-state index contributed by atoms with van der Waals surface area (Å²) in [5.74, 6) is -0.0305. The lowest BCUT2D eigenvalue weighted by Gasteiger charge is -2.29. The number of nitrogens with one attached hydrogen (secondary N) is 1. The SMILES string of the molecule is Cc1ccc(S(=O)(=O)OCC2CCC(NC(=O)c3cc(Cl)cnc3C)CC2)cc1. The van der Waals surface area contributed by atoms with Crippen LogP contribution in [0.25, 0.3) is 0 Å². The Morgan fingerprint density at radius 2 is 1.83 bits per heavy atom. The van der Waals surface area contributed by atoms with Crippen LogP contribution in [0.2, 0.25) is 5.02 Å². The zero-order chi connectivity index (χ0) is 21.0. The maximum atomic E-state index is 12.5. The van der Waals surface area contributed by atoms with E-state index in [1.165, 1.54) is 6.20 Å². The van der Waals surface area contributed by atoms with Crippen molar-refractivity contribution in [3.63, 3.8) is 0 Å². The molecule has 1 amide bonds. The molecule has 0 radical (unpaired) electrons. The summed E-state index contributed by atoms with van der Waals surface area (Å²) in [6, 6.07) is 8.29. The molecule has 6 nitrogen and oxygen atoms in total. The van der Waals surface area contributed by atoms with Crippen molar-refractivity contribution in [3.8, 4) is 0 Å². The highest BCUT2D eigenvalue weighted by atomic mass is 35.5. The molecule has 3 rings (SSSR count). The molecule has 0 saturated heterocycles. The normalized spacial score (nSPS) is 19.7. The lowest BCUT2D eigenvalue weighted by molar-refractivity contribution is 0.0916. The van der Waals surface area contributed by atoms with Crippen LogP contribution in [-0.4, -0.2) is 32.0 Å². The van der Waals surface area contributed by atoms with Gasteiger partial charge in [0.25, 0.3) is 16.0 Å². The summed E-state index contributed by atoms with van der Waals surface area (Å²) >= 11 is 5.94. The molecule has 0 atom stereocenters. The van der Waals surface area contributed by atoms with Crippen LogP contribution >= 0.6 is 11.6 Å². The van der Waals surface area contributed by atoms with E-state index in [2.05, 4.69) is 10.3 Å². The van der Waals surface area contributed by atoms with E-state index in [0.717, 1.165) is 31.2 Å². The number of rotatable bonds is 6. The zero-order valence-corrected chi connectivity index (χ0v) is 18.1. The number of amides is 1. The van der Waals surface area contributed by atoms with Crippen molar-refractivity contribution in [1.82, 2.24) is 10.3 Å². The fourth-order valence-electron chi connectivity index (χ4n) is 3.43. The van der Waals surface area contributed by atoms with Gasteiger partial charge in [0.15, 0.2) is 0 Å². The molecule has 1 N–H and O–H groups in total. The number of carbonyl (C=O) groups is 1. The minimum Gasteiger partial charge on any atom is -0.349 e. The fraction of sp³-hybridized carbons (Fsp3) is 0.429. The van der Waals surface area contributed by atoms with Gasteiger partial charge in [-0.3, -0.25) is 14.0 Å². The third kappa shape index (κ3) is 5.78. The van der Waals surface area contributed by atoms with Gasteiger partial charge >= 0.3 is 0 Å². The van der Waals surface area contributed by atoms with Crippen LogP contribution in [-0.2, 0) is 14.3 Å². The highest BCUT2D eigenvalue weighted by Crippen LogP contribution is 2.26. The molecule has 0 bridgehead atoms. The maximum absolute atomic E-state index is 12.5. The van der Waals surface area contributed by atoms with Crippen molar-refractivity contribution < 1.29 is 17.4 Å². The molecule has 1 saturated carbocycles. The van der Waals surface area contributed by atoms with Crippen LogP contribution in [0.4, 0.5) is 0 Å². The van der Waals surface area contributed by atoms with Crippen molar-refractivity contribution in [3.05, 3.63) is 58.4 Å². The third-order valence-electron chi connectivity index (χ3n) is 5.25. The highest BCUT2D eigenvalue weighted by molar-refractivity contribution is 7.86. The number of nitrogens with zero attached hydrogens (tertiary/aromatic N) is 1. The Kier molecular flexibility index (Phi) is 6.93. The van der Waals surface area contributed by atoms with Crippen LogP contribution in [0.15, 0.2) is 41.4 Å². The lowest BCUT2D eigenvalue weighted by atomic mass is 9.86. The van der Waals surface area contributed by atoms with Crippen molar-refractivity contribution in [2.24, 2.45) is 5.92 Å². The van der Waals surface area contributed by atoms with E-state index in [4.69, 9.17) is 15.8 Å². The van der Waals surface area contributed by atoms with Crippen molar-refractivity contribution in [2.75, 3.05) is 6.61 Å². The molecule has 1 aromatic heterocycles. The molecule has 2 aromatic rings. The van der Waals surface area contributed by atoms with Crippen LogP contribution in [0.1, 0.15) is 47.3 Å². The summed E-state index contributed by atoms with van der Waals surface area (Å²) in [5, 5.41) is 3.46. The lowest BCUT2D eigenvalue weighted by Crippen LogP contribution is -2.38. The Morgan fingerprint density at radius 1 is 1.17 bits per heavy atom. The Hall–Kier alpha value is -1.96. The van der Waals surface area contributed by atoms with E-state index in [0.29, 0.717) is 16.3 Å². The Bertz CT molecular complexity index is 969. The molecule has 1 aromatic carbocycles. The first-order chi connectivity index (χ1) is 13.7. The van der Waals surface area contributed by atoms with Crippen LogP contribution in [0.3, 0.4) is 0 Å². The second kappa shape index (κ2) is 9.24. The molecule has 0 unspecified atom stereocenters. The van der Waals surface area contributed by atoms with Crippen LogP contribution < -0.4 is 5.32 Å². The molecule has 1 fully saturated rings. The summed E-state index contributed by atoms with van der Waals surface area (Å²) in [4.78, 5) is 16.8. The van der Waals surface area contributed by atoms with Crippen molar-refractivity contribution >= 4 is 27.6 Å². The van der Waals surface area contributed by atoms with Gasteiger partial charge in [0.1, 0.15) is 0 Å². The van der Waals surface area contributed by atoms with Gasteiger partial charge in [-0.1, -0.05) is 29.3 Å². The molecule has 0 spiro atoms. The second-order valence-corrected chi connectivity index (χ2v) is 9.58. The quantitative estimate of drug-likeness (QED) is 0.690. The van der Waals surface area contributed by atoms with Gasteiger partial charge in [0, 0.05) is 12.2 Å². The predicted molar refractivity (Wildman–Crippen MR) is 112 cm³/mol. The van der Waals surface area contributed by atoms with E-state index in [-0.39, 0.29) is 29.4 Å². The standard InChI is InChI=1S/C21H25ClN2O4S/c1-14-3-9-19(10-4-14)29(26,27)28-13-16-5-7-18(8-6-16)24-21(25)20-11-17(22)12-23-15(20)2/h3-4,9-12,16,18H,5-8,13H2,1-2H3,(H,24,25). The molecule has 1 aliphatic carbocycles. The number of hydrogen-bond donors (Lipinski definition) is 1. The average Bonchev–Trinajstić information content (AvgIpc) is 2.69. The molecular weight excluding hydrogens is 412 g/mol. The summed E-state index contributed by atoms with van der Waals surface area (Å²) in [5.41, 5.74) is 2.11. The number of halogens is 1. The summed E-state index contributed by atoms with van der Waals surface area (Å²) < 4.78 is 29.9. The average molecular weight is 437 g/mol. The van der Waals surface area contributed by atoms with Gasteiger partial charge in [-0.2, -0.15) is 8.42 Å².